The maximum Gasteiger partial charge on any atom is 0.0695 e. The second-order valence-electron chi connectivity index (χ2n) is 6.30. The van der Waals surface area contributed by atoms with Crippen molar-refractivity contribution in [1.29, 1.82) is 0 Å². The Morgan fingerprint density at radius 2 is 1.27 bits per heavy atom. The molecule has 2 aromatic carbocycles. The van der Waals surface area contributed by atoms with Crippen molar-refractivity contribution in [2.24, 2.45) is 0 Å². The van der Waals surface area contributed by atoms with Crippen LogP contribution in [0.3, 0.4) is 0 Å². The van der Waals surface area contributed by atoms with Gasteiger partial charge in [-0.25, -0.2) is 0 Å². The summed E-state index contributed by atoms with van der Waals surface area (Å²) in [6, 6.07) is 21.4. The van der Waals surface area contributed by atoms with Gasteiger partial charge in [-0.15, -0.1) is 0 Å². The number of rotatable bonds is 5. The van der Waals surface area contributed by atoms with Gasteiger partial charge in [-0.3, -0.25) is 4.90 Å². The second-order valence-corrected chi connectivity index (χ2v) is 6.30. The lowest BCUT2D eigenvalue weighted by atomic mass is 9.90. The summed E-state index contributed by atoms with van der Waals surface area (Å²) in [5.41, 5.74) is 2.63. The van der Waals surface area contributed by atoms with Gasteiger partial charge in [0.05, 0.1) is 6.10 Å². The van der Waals surface area contributed by atoms with Crippen LogP contribution in [0.1, 0.15) is 36.8 Å². The Kier molecular flexibility index (Phi) is 5.25. The SMILES string of the molecule is O[C@@H]1CCCC[C@H]1N(Cc1ccccc1)Cc1ccccc1. The van der Waals surface area contributed by atoms with E-state index in [4.69, 9.17) is 0 Å². The first-order chi connectivity index (χ1) is 10.8. The number of hydrogen-bond acceptors (Lipinski definition) is 2. The maximum atomic E-state index is 10.5. The lowest BCUT2D eigenvalue weighted by Gasteiger charge is -2.38. The minimum absolute atomic E-state index is 0.193. The number of aliphatic hydroxyl groups excluding tert-OH is 1. The van der Waals surface area contributed by atoms with Gasteiger partial charge < -0.3 is 5.11 Å². The first kappa shape index (κ1) is 15.3. The number of benzene rings is 2. The Hall–Kier alpha value is -1.64. The molecular formula is C20H25NO. The summed E-state index contributed by atoms with van der Waals surface area (Å²) >= 11 is 0. The molecule has 3 rings (SSSR count). The Balaban J connectivity index is 1.78. The lowest BCUT2D eigenvalue weighted by Crippen LogP contribution is -2.44. The fourth-order valence-corrected chi connectivity index (χ4v) is 3.44. The summed E-state index contributed by atoms with van der Waals surface area (Å²) in [5, 5.41) is 10.5. The minimum Gasteiger partial charge on any atom is -0.391 e. The number of nitrogens with zero attached hydrogens (tertiary/aromatic N) is 1. The number of aliphatic hydroxyl groups is 1. The minimum atomic E-state index is -0.193. The summed E-state index contributed by atoms with van der Waals surface area (Å²) < 4.78 is 0. The molecule has 2 heteroatoms. The Morgan fingerprint density at radius 3 is 1.77 bits per heavy atom. The molecule has 22 heavy (non-hydrogen) atoms. The van der Waals surface area contributed by atoms with Gasteiger partial charge in [0.15, 0.2) is 0 Å². The van der Waals surface area contributed by atoms with E-state index < -0.39 is 0 Å². The molecule has 0 spiro atoms. The smallest absolute Gasteiger partial charge is 0.0695 e. The molecule has 2 aromatic rings. The fraction of sp³-hybridized carbons (Fsp3) is 0.400. The largest absolute Gasteiger partial charge is 0.391 e. The highest BCUT2D eigenvalue weighted by Gasteiger charge is 2.28. The van der Waals surface area contributed by atoms with E-state index in [1.807, 2.05) is 0 Å². The van der Waals surface area contributed by atoms with E-state index in [9.17, 15) is 5.11 Å². The third-order valence-corrected chi connectivity index (χ3v) is 4.62. The molecule has 0 aliphatic heterocycles. The molecule has 1 fully saturated rings. The summed E-state index contributed by atoms with van der Waals surface area (Å²) in [6.07, 6.45) is 4.22. The molecule has 0 bridgehead atoms. The van der Waals surface area contributed by atoms with E-state index in [2.05, 4.69) is 65.6 Å². The quantitative estimate of drug-likeness (QED) is 0.901. The van der Waals surface area contributed by atoms with E-state index in [0.717, 1.165) is 32.4 Å². The van der Waals surface area contributed by atoms with Crippen molar-refractivity contribution in [3.05, 3.63) is 71.8 Å². The van der Waals surface area contributed by atoms with Crippen molar-refractivity contribution in [2.75, 3.05) is 0 Å². The average molecular weight is 295 g/mol. The van der Waals surface area contributed by atoms with Gasteiger partial charge in [0, 0.05) is 19.1 Å². The van der Waals surface area contributed by atoms with Crippen molar-refractivity contribution in [3.63, 3.8) is 0 Å². The Bertz CT molecular complexity index is 513. The van der Waals surface area contributed by atoms with Crippen molar-refractivity contribution < 1.29 is 5.11 Å². The van der Waals surface area contributed by atoms with Crippen LogP contribution in [-0.4, -0.2) is 22.2 Å². The first-order valence-corrected chi connectivity index (χ1v) is 8.33. The highest BCUT2D eigenvalue weighted by molar-refractivity contribution is 5.17. The standard InChI is InChI=1S/C20H25NO/c22-20-14-8-7-13-19(20)21(15-17-9-3-1-4-10-17)16-18-11-5-2-6-12-18/h1-6,9-12,19-20,22H,7-8,13-16H2/t19-,20-/m1/s1. The highest BCUT2D eigenvalue weighted by Crippen LogP contribution is 2.26. The average Bonchev–Trinajstić information content (AvgIpc) is 2.57. The van der Waals surface area contributed by atoms with E-state index in [0.29, 0.717) is 0 Å². The van der Waals surface area contributed by atoms with Crippen LogP contribution in [0.2, 0.25) is 0 Å². The van der Waals surface area contributed by atoms with Gasteiger partial charge in [-0.1, -0.05) is 73.5 Å². The van der Waals surface area contributed by atoms with Crippen LogP contribution < -0.4 is 0 Å². The molecule has 0 unspecified atom stereocenters. The maximum absolute atomic E-state index is 10.5. The molecule has 0 aromatic heterocycles. The van der Waals surface area contributed by atoms with Crippen LogP contribution in [0, 0.1) is 0 Å². The van der Waals surface area contributed by atoms with Gasteiger partial charge >= 0.3 is 0 Å². The molecule has 1 aliphatic carbocycles. The zero-order valence-corrected chi connectivity index (χ0v) is 13.1. The van der Waals surface area contributed by atoms with E-state index in [-0.39, 0.29) is 12.1 Å². The van der Waals surface area contributed by atoms with Crippen molar-refractivity contribution in [3.8, 4) is 0 Å². The molecule has 2 nitrogen and oxygen atoms in total. The third-order valence-electron chi connectivity index (χ3n) is 4.62. The topological polar surface area (TPSA) is 23.5 Å². The van der Waals surface area contributed by atoms with E-state index in [1.54, 1.807) is 0 Å². The van der Waals surface area contributed by atoms with Gasteiger partial charge in [0.1, 0.15) is 0 Å². The van der Waals surface area contributed by atoms with Crippen LogP contribution in [0.15, 0.2) is 60.7 Å². The molecule has 116 valence electrons. The molecule has 1 saturated carbocycles. The van der Waals surface area contributed by atoms with Gasteiger partial charge in [0.25, 0.3) is 0 Å². The zero-order valence-electron chi connectivity index (χ0n) is 13.1. The third kappa shape index (κ3) is 3.96. The van der Waals surface area contributed by atoms with E-state index in [1.165, 1.54) is 17.5 Å². The fourth-order valence-electron chi connectivity index (χ4n) is 3.44. The Morgan fingerprint density at radius 1 is 0.773 bits per heavy atom. The molecular weight excluding hydrogens is 270 g/mol. The molecule has 0 radical (unpaired) electrons. The normalized spacial score (nSPS) is 21.9. The molecule has 1 N–H and O–H groups in total. The predicted molar refractivity (Wildman–Crippen MR) is 90.4 cm³/mol. The Labute approximate surface area is 133 Å². The van der Waals surface area contributed by atoms with Crippen LogP contribution in [0.25, 0.3) is 0 Å². The first-order valence-electron chi connectivity index (χ1n) is 8.33. The molecule has 0 saturated heterocycles. The molecule has 2 atom stereocenters. The second kappa shape index (κ2) is 7.57. The summed E-state index contributed by atoms with van der Waals surface area (Å²) in [5.74, 6) is 0. The van der Waals surface area contributed by atoms with Gasteiger partial charge in [0.2, 0.25) is 0 Å². The molecule has 1 aliphatic rings. The van der Waals surface area contributed by atoms with Gasteiger partial charge in [-0.05, 0) is 24.0 Å². The predicted octanol–water partition coefficient (Wildman–Crippen LogP) is 3.99. The molecule has 0 amide bonds. The van der Waals surface area contributed by atoms with Crippen LogP contribution in [-0.2, 0) is 13.1 Å². The lowest BCUT2D eigenvalue weighted by molar-refractivity contribution is 0.0114. The summed E-state index contributed by atoms with van der Waals surface area (Å²) in [6.45, 7) is 1.80. The summed E-state index contributed by atoms with van der Waals surface area (Å²) in [7, 11) is 0. The summed E-state index contributed by atoms with van der Waals surface area (Å²) in [4.78, 5) is 2.45. The van der Waals surface area contributed by atoms with Crippen molar-refractivity contribution in [2.45, 2.75) is 50.9 Å². The number of hydrogen-bond donors (Lipinski definition) is 1. The zero-order chi connectivity index (χ0) is 15.2. The van der Waals surface area contributed by atoms with Crippen LogP contribution >= 0.6 is 0 Å². The highest BCUT2D eigenvalue weighted by atomic mass is 16.3. The monoisotopic (exact) mass is 295 g/mol. The van der Waals surface area contributed by atoms with Crippen molar-refractivity contribution in [1.82, 2.24) is 4.90 Å². The van der Waals surface area contributed by atoms with Crippen molar-refractivity contribution >= 4 is 0 Å². The van der Waals surface area contributed by atoms with Crippen LogP contribution in [0.4, 0.5) is 0 Å². The van der Waals surface area contributed by atoms with Crippen LogP contribution in [0.5, 0.6) is 0 Å². The molecule has 0 heterocycles. The van der Waals surface area contributed by atoms with Gasteiger partial charge in [-0.2, -0.15) is 0 Å². The van der Waals surface area contributed by atoms with E-state index >= 15 is 0 Å².